The van der Waals surface area contributed by atoms with Crippen LogP contribution in [-0.4, -0.2) is 30.5 Å². The van der Waals surface area contributed by atoms with Gasteiger partial charge in [0.05, 0.1) is 5.52 Å². The van der Waals surface area contributed by atoms with Crippen molar-refractivity contribution in [2.75, 3.05) is 19.6 Å². The molecule has 0 spiro atoms. The minimum atomic E-state index is -0.0532. The van der Waals surface area contributed by atoms with Gasteiger partial charge in [0, 0.05) is 36.8 Å². The molecule has 0 bridgehead atoms. The quantitative estimate of drug-likeness (QED) is 0.413. The Morgan fingerprint density at radius 2 is 1.63 bits per heavy atom. The molecule has 1 aromatic heterocycles. The summed E-state index contributed by atoms with van der Waals surface area (Å²) in [4.78, 5) is 16.5. The molecule has 3 aromatic rings. The van der Waals surface area contributed by atoms with E-state index in [4.69, 9.17) is 5.73 Å². The van der Waals surface area contributed by atoms with Crippen molar-refractivity contribution in [2.45, 2.75) is 19.4 Å². The number of amides is 1. The largest absolute Gasteiger partial charge is 0.351 e. The van der Waals surface area contributed by atoms with Crippen molar-refractivity contribution in [3.63, 3.8) is 0 Å². The Hall–Kier alpha value is -1.89. The third-order valence-corrected chi connectivity index (χ3v) is 4.53. The minimum absolute atomic E-state index is 0. The molecule has 0 aliphatic carbocycles. The van der Waals surface area contributed by atoms with Crippen LogP contribution in [0.2, 0.25) is 0 Å². The van der Waals surface area contributed by atoms with Crippen molar-refractivity contribution in [1.82, 2.24) is 15.6 Å². The normalized spacial score (nSPS) is 9.77. The average Bonchev–Trinajstić information content (AvgIpc) is 2.73. The molecule has 164 valence electrons. The van der Waals surface area contributed by atoms with Crippen molar-refractivity contribution in [2.24, 2.45) is 5.73 Å². The number of nitrogens with two attached hydrogens (primary N) is 1. The molecule has 0 unspecified atom stereocenters. The molecule has 0 atom stereocenters. The number of carbonyl (C=O) groups excluding carboxylic acids is 1. The Balaban J connectivity index is 0.00000280. The first-order valence-corrected chi connectivity index (χ1v) is 9.38. The highest BCUT2D eigenvalue weighted by molar-refractivity contribution is 5.97. The van der Waals surface area contributed by atoms with Crippen LogP contribution in [0.3, 0.4) is 0 Å². The van der Waals surface area contributed by atoms with Crippen LogP contribution in [0, 0.1) is 0 Å². The average molecular weight is 472 g/mol. The zero-order valence-electron chi connectivity index (χ0n) is 16.7. The molecular formula is C22H29Cl3N4O. The number of pyridine rings is 1. The van der Waals surface area contributed by atoms with E-state index in [0.29, 0.717) is 18.7 Å². The number of nitrogens with one attached hydrogen (secondary N) is 2. The number of aromatic nitrogens is 1. The monoisotopic (exact) mass is 470 g/mol. The van der Waals surface area contributed by atoms with E-state index in [1.165, 1.54) is 5.56 Å². The van der Waals surface area contributed by atoms with Crippen molar-refractivity contribution < 1.29 is 4.79 Å². The summed E-state index contributed by atoms with van der Waals surface area (Å²) in [6, 6.07) is 17.9. The van der Waals surface area contributed by atoms with E-state index in [2.05, 4.69) is 39.9 Å². The molecule has 4 N–H and O–H groups in total. The number of hydrogen-bond acceptors (Lipinski definition) is 4. The lowest BCUT2D eigenvalue weighted by Gasteiger charge is -2.08. The summed E-state index contributed by atoms with van der Waals surface area (Å²) in [5.41, 5.74) is 9.66. The molecule has 0 radical (unpaired) electrons. The predicted molar refractivity (Wildman–Crippen MR) is 131 cm³/mol. The summed E-state index contributed by atoms with van der Waals surface area (Å²) < 4.78 is 0. The molecule has 5 nitrogen and oxygen atoms in total. The van der Waals surface area contributed by atoms with Gasteiger partial charge in [-0.2, -0.15) is 0 Å². The lowest BCUT2D eigenvalue weighted by atomic mass is 10.1. The number of fused-ring (bicyclic) bond motifs is 1. The van der Waals surface area contributed by atoms with Gasteiger partial charge in [-0.15, -0.1) is 37.2 Å². The summed E-state index contributed by atoms with van der Waals surface area (Å²) in [7, 11) is 0. The minimum Gasteiger partial charge on any atom is -0.351 e. The van der Waals surface area contributed by atoms with Crippen molar-refractivity contribution >= 4 is 54.0 Å². The van der Waals surface area contributed by atoms with Crippen LogP contribution in [-0.2, 0) is 13.0 Å². The van der Waals surface area contributed by atoms with Crippen LogP contribution < -0.4 is 16.4 Å². The van der Waals surface area contributed by atoms with E-state index in [9.17, 15) is 4.79 Å². The fraction of sp³-hybridized carbons (Fsp3) is 0.273. The van der Waals surface area contributed by atoms with Gasteiger partial charge in [-0.05, 0) is 54.8 Å². The van der Waals surface area contributed by atoms with E-state index < -0.39 is 0 Å². The Morgan fingerprint density at radius 3 is 2.37 bits per heavy atom. The molecule has 30 heavy (non-hydrogen) atoms. The maximum Gasteiger partial charge on any atom is 0.251 e. The van der Waals surface area contributed by atoms with Crippen LogP contribution in [0.1, 0.15) is 27.9 Å². The Kier molecular flexibility index (Phi) is 14.0. The van der Waals surface area contributed by atoms with Gasteiger partial charge in [0.25, 0.3) is 5.91 Å². The fourth-order valence-electron chi connectivity index (χ4n) is 2.97. The summed E-state index contributed by atoms with van der Waals surface area (Å²) in [5.74, 6) is -0.0532. The zero-order valence-corrected chi connectivity index (χ0v) is 19.1. The van der Waals surface area contributed by atoms with Crippen LogP contribution >= 0.6 is 37.2 Å². The van der Waals surface area contributed by atoms with Crippen molar-refractivity contribution in [3.8, 4) is 0 Å². The van der Waals surface area contributed by atoms with E-state index in [0.717, 1.165) is 42.4 Å². The molecular weight excluding hydrogens is 443 g/mol. The topological polar surface area (TPSA) is 80.0 Å². The summed E-state index contributed by atoms with van der Waals surface area (Å²) in [5, 5.41) is 7.30. The van der Waals surface area contributed by atoms with E-state index in [-0.39, 0.29) is 43.1 Å². The lowest BCUT2D eigenvalue weighted by molar-refractivity contribution is 0.0954. The van der Waals surface area contributed by atoms with Crippen LogP contribution in [0.15, 0.2) is 60.8 Å². The molecule has 1 heterocycles. The second-order valence-corrected chi connectivity index (χ2v) is 6.54. The van der Waals surface area contributed by atoms with Crippen molar-refractivity contribution in [1.29, 1.82) is 0 Å². The Labute approximate surface area is 196 Å². The molecule has 0 fully saturated rings. The third-order valence-electron chi connectivity index (χ3n) is 4.53. The number of halogens is 3. The zero-order chi connectivity index (χ0) is 18.9. The van der Waals surface area contributed by atoms with Crippen molar-refractivity contribution in [3.05, 3.63) is 77.5 Å². The third kappa shape index (κ3) is 8.46. The highest BCUT2D eigenvalue weighted by Crippen LogP contribution is 2.13. The van der Waals surface area contributed by atoms with Crippen LogP contribution in [0.4, 0.5) is 0 Å². The first kappa shape index (κ1) is 28.1. The number of benzene rings is 2. The molecule has 0 aliphatic rings. The summed E-state index contributed by atoms with van der Waals surface area (Å²) in [6.45, 7) is 2.88. The van der Waals surface area contributed by atoms with Gasteiger partial charge in [-0.25, -0.2) is 0 Å². The highest BCUT2D eigenvalue weighted by Gasteiger charge is 2.05. The summed E-state index contributed by atoms with van der Waals surface area (Å²) in [6.07, 6.45) is 3.85. The molecule has 0 saturated carbocycles. The van der Waals surface area contributed by atoms with Gasteiger partial charge in [0.15, 0.2) is 0 Å². The van der Waals surface area contributed by atoms with Gasteiger partial charge in [0.2, 0.25) is 0 Å². The first-order valence-electron chi connectivity index (χ1n) is 9.38. The second-order valence-electron chi connectivity index (χ2n) is 6.54. The molecule has 8 heteroatoms. The standard InChI is InChI=1S/C22H26N4O.3ClH/c23-16-18-7-5-17(6-8-18)3-1-11-24-13-14-26-22(27)20-9-10-21-19(15-20)4-2-12-25-21;;;/h2,4-10,12,15,24H,1,3,11,13-14,16,23H2,(H,26,27);3*1H. The maximum atomic E-state index is 12.2. The molecule has 2 aromatic carbocycles. The second kappa shape index (κ2) is 15.0. The molecule has 1 amide bonds. The Morgan fingerprint density at radius 1 is 0.900 bits per heavy atom. The van der Waals surface area contributed by atoms with E-state index in [1.807, 2.05) is 30.3 Å². The van der Waals surface area contributed by atoms with Gasteiger partial charge < -0.3 is 16.4 Å². The highest BCUT2D eigenvalue weighted by atomic mass is 35.5. The number of hydrogen-bond donors (Lipinski definition) is 3. The lowest BCUT2D eigenvalue weighted by Crippen LogP contribution is -2.32. The molecule has 0 aliphatic heterocycles. The first-order chi connectivity index (χ1) is 13.3. The van der Waals surface area contributed by atoms with Gasteiger partial charge in [-0.3, -0.25) is 9.78 Å². The summed E-state index contributed by atoms with van der Waals surface area (Å²) >= 11 is 0. The van der Waals surface area contributed by atoms with Crippen LogP contribution in [0.5, 0.6) is 0 Å². The number of aryl methyl sites for hydroxylation is 1. The Bertz CT molecular complexity index is 891. The number of rotatable bonds is 9. The van der Waals surface area contributed by atoms with Crippen LogP contribution in [0.25, 0.3) is 10.9 Å². The molecule has 3 rings (SSSR count). The van der Waals surface area contributed by atoms with E-state index in [1.54, 1.807) is 6.20 Å². The van der Waals surface area contributed by atoms with E-state index >= 15 is 0 Å². The SMILES string of the molecule is Cl.Cl.Cl.NCc1ccc(CCCNCCNC(=O)c2ccc3ncccc3c2)cc1. The van der Waals surface area contributed by atoms with Gasteiger partial charge in [-0.1, -0.05) is 30.3 Å². The smallest absolute Gasteiger partial charge is 0.251 e. The fourth-order valence-corrected chi connectivity index (χ4v) is 2.97. The number of nitrogens with zero attached hydrogens (tertiary/aromatic N) is 1. The number of carbonyl (C=O) groups is 1. The maximum absolute atomic E-state index is 12.2. The van der Waals surface area contributed by atoms with Gasteiger partial charge in [0.1, 0.15) is 0 Å². The van der Waals surface area contributed by atoms with Gasteiger partial charge >= 0.3 is 0 Å². The molecule has 0 saturated heterocycles. The predicted octanol–water partition coefficient (Wildman–Crippen LogP) is 3.91.